The van der Waals surface area contributed by atoms with Gasteiger partial charge in [0.25, 0.3) is 0 Å². The number of rotatable bonds is 7. The van der Waals surface area contributed by atoms with Crippen LogP contribution in [0.2, 0.25) is 0 Å². The molecule has 0 amide bonds. The molecule has 218 valence electrons. The lowest BCUT2D eigenvalue weighted by molar-refractivity contribution is 1.18. The molecule has 0 atom stereocenters. The normalized spacial score (nSPS) is 12.7. The van der Waals surface area contributed by atoms with Gasteiger partial charge in [0, 0.05) is 33.1 Å². The van der Waals surface area contributed by atoms with Crippen molar-refractivity contribution >= 4 is 49.0 Å². The third kappa shape index (κ3) is 5.09. The number of hydrogen-bond donors (Lipinski definition) is 2. The fourth-order valence-corrected chi connectivity index (χ4v) is 6.46. The highest BCUT2D eigenvalue weighted by atomic mass is 15.0. The molecular formula is C42H35N3. The van der Waals surface area contributed by atoms with Gasteiger partial charge in [-0.05, 0) is 88.8 Å². The van der Waals surface area contributed by atoms with Gasteiger partial charge in [-0.15, -0.1) is 0 Å². The van der Waals surface area contributed by atoms with E-state index in [-0.39, 0.29) is 0 Å². The van der Waals surface area contributed by atoms with Gasteiger partial charge < -0.3 is 16.0 Å². The molecule has 0 aliphatic carbocycles. The maximum atomic E-state index is 6.50. The van der Waals surface area contributed by atoms with E-state index >= 15 is 0 Å². The standard InChI is InChI=1S/C42H35N3/c1-2-3-17-40(44)37-25-24-33(35-15-9-10-16-36(35)37)30-19-22-34-31(28-30)20-23-39-38-21-18-29(12-6-5-11-26-43)27-41(38)45(42(34)39)32-13-7-4-8-14-32/h2-11,13-28H,12,43-44H2,1H3/b3-2-,6-5-,26-11-,40-17-. The van der Waals surface area contributed by atoms with Gasteiger partial charge in [0.05, 0.1) is 11.0 Å². The molecule has 0 radical (unpaired) electrons. The monoisotopic (exact) mass is 581 g/mol. The highest BCUT2D eigenvalue weighted by Gasteiger charge is 2.16. The topological polar surface area (TPSA) is 57.0 Å². The number of benzene rings is 6. The number of nitrogens with zero attached hydrogens (tertiary/aromatic N) is 1. The molecule has 7 aromatic rings. The zero-order valence-electron chi connectivity index (χ0n) is 25.3. The Kier molecular flexibility index (Phi) is 7.51. The first-order valence-corrected chi connectivity index (χ1v) is 15.4. The first kappa shape index (κ1) is 28.0. The summed E-state index contributed by atoms with van der Waals surface area (Å²) in [7, 11) is 0. The van der Waals surface area contributed by atoms with Crippen LogP contribution in [-0.2, 0) is 6.42 Å². The molecule has 3 nitrogen and oxygen atoms in total. The Hall–Kier alpha value is -5.80. The summed E-state index contributed by atoms with van der Waals surface area (Å²) in [4.78, 5) is 0. The van der Waals surface area contributed by atoms with Gasteiger partial charge in [-0.3, -0.25) is 0 Å². The van der Waals surface area contributed by atoms with E-state index in [1.54, 1.807) is 6.20 Å². The van der Waals surface area contributed by atoms with Gasteiger partial charge in [-0.25, -0.2) is 0 Å². The van der Waals surface area contributed by atoms with Gasteiger partial charge >= 0.3 is 0 Å². The Morgan fingerprint density at radius 1 is 0.689 bits per heavy atom. The van der Waals surface area contributed by atoms with E-state index in [9.17, 15) is 0 Å². The van der Waals surface area contributed by atoms with Crippen LogP contribution in [-0.4, -0.2) is 4.57 Å². The van der Waals surface area contributed by atoms with Crippen LogP contribution in [0.3, 0.4) is 0 Å². The third-order valence-corrected chi connectivity index (χ3v) is 8.55. The lowest BCUT2D eigenvalue weighted by Gasteiger charge is -2.14. The van der Waals surface area contributed by atoms with Gasteiger partial charge in [0.1, 0.15) is 0 Å². The van der Waals surface area contributed by atoms with Crippen molar-refractivity contribution in [2.75, 3.05) is 0 Å². The van der Waals surface area contributed by atoms with Crippen molar-refractivity contribution < 1.29 is 0 Å². The van der Waals surface area contributed by atoms with E-state index in [0.29, 0.717) is 0 Å². The SMILES string of the molecule is C/C=C\C=C(/N)c1ccc(-c2ccc3c(ccc4c5ccc(C/C=C\C=C/N)cc5n(-c5ccccc5)c34)c2)c2ccccc12. The van der Waals surface area contributed by atoms with Crippen LogP contribution >= 0.6 is 0 Å². The van der Waals surface area contributed by atoms with Crippen molar-refractivity contribution in [1.29, 1.82) is 0 Å². The summed E-state index contributed by atoms with van der Waals surface area (Å²) in [5.41, 5.74) is 21.0. The zero-order valence-corrected chi connectivity index (χ0v) is 25.3. The first-order chi connectivity index (χ1) is 22.2. The van der Waals surface area contributed by atoms with E-state index in [1.807, 2.05) is 37.3 Å². The van der Waals surface area contributed by atoms with Crippen LogP contribution in [0.1, 0.15) is 18.1 Å². The van der Waals surface area contributed by atoms with Gasteiger partial charge in [-0.2, -0.15) is 0 Å². The molecule has 1 aromatic heterocycles. The summed E-state index contributed by atoms with van der Waals surface area (Å²) in [5, 5.41) is 7.27. The molecule has 7 rings (SSSR count). The number of nitrogens with two attached hydrogens (primary N) is 2. The van der Waals surface area contributed by atoms with E-state index in [1.165, 1.54) is 54.7 Å². The number of fused-ring (bicyclic) bond motifs is 6. The number of aromatic nitrogens is 1. The summed E-state index contributed by atoms with van der Waals surface area (Å²) in [6, 6.07) is 41.8. The number of allylic oxidation sites excluding steroid dienone is 6. The average Bonchev–Trinajstić information content (AvgIpc) is 3.42. The van der Waals surface area contributed by atoms with Crippen molar-refractivity contribution in [1.82, 2.24) is 4.57 Å². The molecule has 0 fully saturated rings. The molecule has 0 bridgehead atoms. The number of para-hydroxylation sites is 1. The minimum atomic E-state index is 0.761. The smallest absolute Gasteiger partial charge is 0.0619 e. The second kappa shape index (κ2) is 12.1. The van der Waals surface area contributed by atoms with Crippen LogP contribution in [0, 0.1) is 0 Å². The fourth-order valence-electron chi connectivity index (χ4n) is 6.46. The average molecular weight is 582 g/mol. The van der Waals surface area contributed by atoms with Crippen molar-refractivity contribution in [2.45, 2.75) is 13.3 Å². The maximum absolute atomic E-state index is 6.50. The molecule has 0 saturated carbocycles. The molecule has 0 unspecified atom stereocenters. The Morgan fingerprint density at radius 2 is 1.47 bits per heavy atom. The maximum Gasteiger partial charge on any atom is 0.0619 e. The minimum absolute atomic E-state index is 0.761. The Bertz CT molecular complexity index is 2310. The Labute approximate surface area is 263 Å². The predicted molar refractivity (Wildman–Crippen MR) is 194 cm³/mol. The fraction of sp³-hybridized carbons (Fsp3) is 0.0476. The van der Waals surface area contributed by atoms with Crippen molar-refractivity contribution in [3.8, 4) is 16.8 Å². The van der Waals surface area contributed by atoms with Crippen LogP contribution < -0.4 is 11.5 Å². The molecule has 0 aliphatic rings. The van der Waals surface area contributed by atoms with Crippen LogP contribution in [0.5, 0.6) is 0 Å². The summed E-state index contributed by atoms with van der Waals surface area (Å²) >= 11 is 0. The van der Waals surface area contributed by atoms with Crippen molar-refractivity contribution in [2.24, 2.45) is 11.5 Å². The zero-order chi connectivity index (χ0) is 30.8. The second-order valence-corrected chi connectivity index (χ2v) is 11.3. The Balaban J connectivity index is 1.43. The number of hydrogen-bond acceptors (Lipinski definition) is 2. The molecule has 0 spiro atoms. The molecule has 6 aromatic carbocycles. The van der Waals surface area contributed by atoms with E-state index in [4.69, 9.17) is 11.5 Å². The van der Waals surface area contributed by atoms with Gasteiger partial charge in [0.2, 0.25) is 0 Å². The molecule has 3 heteroatoms. The molecule has 45 heavy (non-hydrogen) atoms. The summed E-state index contributed by atoms with van der Waals surface area (Å²) in [6.07, 6.45) is 14.3. The summed E-state index contributed by atoms with van der Waals surface area (Å²) in [6.45, 7) is 2.00. The van der Waals surface area contributed by atoms with Gasteiger partial charge in [0.15, 0.2) is 0 Å². The van der Waals surface area contributed by atoms with E-state index in [2.05, 4.69) is 126 Å². The lowest BCUT2D eigenvalue weighted by atomic mass is 9.92. The molecular weight excluding hydrogens is 546 g/mol. The highest BCUT2D eigenvalue weighted by Crippen LogP contribution is 2.39. The largest absolute Gasteiger partial charge is 0.405 e. The van der Waals surface area contributed by atoms with Gasteiger partial charge in [-0.1, -0.05) is 115 Å². The molecule has 0 saturated heterocycles. The van der Waals surface area contributed by atoms with Crippen LogP contribution in [0.25, 0.3) is 65.9 Å². The van der Waals surface area contributed by atoms with Crippen LogP contribution in [0.4, 0.5) is 0 Å². The summed E-state index contributed by atoms with van der Waals surface area (Å²) < 4.78 is 2.42. The lowest BCUT2D eigenvalue weighted by Crippen LogP contribution is -1.97. The molecule has 4 N–H and O–H groups in total. The second-order valence-electron chi connectivity index (χ2n) is 11.3. The third-order valence-electron chi connectivity index (χ3n) is 8.55. The van der Waals surface area contributed by atoms with Crippen molar-refractivity contribution in [3.05, 3.63) is 169 Å². The Morgan fingerprint density at radius 3 is 2.29 bits per heavy atom. The van der Waals surface area contributed by atoms with Crippen molar-refractivity contribution in [3.63, 3.8) is 0 Å². The minimum Gasteiger partial charge on any atom is -0.405 e. The molecule has 1 heterocycles. The molecule has 0 aliphatic heterocycles. The predicted octanol–water partition coefficient (Wildman–Crippen LogP) is 10.2. The van der Waals surface area contributed by atoms with E-state index in [0.717, 1.165) is 28.8 Å². The highest BCUT2D eigenvalue weighted by molar-refractivity contribution is 6.19. The van der Waals surface area contributed by atoms with Crippen LogP contribution in [0.15, 0.2) is 158 Å². The van der Waals surface area contributed by atoms with E-state index < -0.39 is 0 Å². The first-order valence-electron chi connectivity index (χ1n) is 15.4. The quantitative estimate of drug-likeness (QED) is 0.184. The summed E-state index contributed by atoms with van der Waals surface area (Å²) in [5.74, 6) is 0.